The Balaban J connectivity index is 1.69. The van der Waals surface area contributed by atoms with Crippen LogP contribution in [0.1, 0.15) is 60.8 Å². The molecule has 34 heavy (non-hydrogen) atoms. The molecule has 1 unspecified atom stereocenters. The zero-order valence-electron chi connectivity index (χ0n) is 18.6. The molecule has 0 spiro atoms. The molecule has 1 aliphatic carbocycles. The van der Waals surface area contributed by atoms with Gasteiger partial charge in [-0.15, -0.1) is 0 Å². The first-order valence-electron chi connectivity index (χ1n) is 11.3. The Morgan fingerprint density at radius 1 is 0.735 bits per heavy atom. The first-order chi connectivity index (χ1) is 16.2. The molecule has 3 aromatic rings. The zero-order valence-corrected chi connectivity index (χ0v) is 18.6. The molecule has 0 aliphatic heterocycles. The highest BCUT2D eigenvalue weighted by atomic mass is 19.2. The Hall–Kier alpha value is -2.83. The summed E-state index contributed by atoms with van der Waals surface area (Å²) in [6.07, 6.45) is 3.00. The van der Waals surface area contributed by atoms with Crippen LogP contribution in [0, 0.1) is 40.7 Å². The van der Waals surface area contributed by atoms with E-state index in [0.29, 0.717) is 24.1 Å². The highest BCUT2D eigenvalue weighted by molar-refractivity contribution is 5.67. The molecular weight excluding hydrogens is 457 g/mol. The average molecular weight is 480 g/mol. The fourth-order valence-corrected chi connectivity index (χ4v) is 4.80. The van der Waals surface area contributed by atoms with E-state index in [-0.39, 0.29) is 41.5 Å². The fraction of sp³-hybridized carbons (Fsp3) is 0.333. The van der Waals surface area contributed by atoms with Crippen LogP contribution in [-0.2, 0) is 19.3 Å². The molecular formula is C27H23F7. The van der Waals surface area contributed by atoms with Crippen LogP contribution < -0.4 is 0 Å². The lowest BCUT2D eigenvalue weighted by atomic mass is 9.78. The topological polar surface area (TPSA) is 0 Å². The van der Waals surface area contributed by atoms with Crippen molar-refractivity contribution < 1.29 is 30.7 Å². The second-order valence-corrected chi connectivity index (χ2v) is 8.77. The minimum Gasteiger partial charge on any atom is -0.207 e. The number of rotatable bonds is 6. The van der Waals surface area contributed by atoms with Crippen LogP contribution in [0.25, 0.3) is 11.1 Å². The monoisotopic (exact) mass is 480 g/mol. The van der Waals surface area contributed by atoms with Crippen molar-refractivity contribution in [3.05, 3.63) is 93.3 Å². The molecule has 1 aliphatic rings. The van der Waals surface area contributed by atoms with Crippen molar-refractivity contribution in [3.8, 4) is 11.1 Å². The summed E-state index contributed by atoms with van der Waals surface area (Å²) in [5, 5.41) is 0. The molecule has 0 bridgehead atoms. The molecule has 0 N–H and O–H groups in total. The Kier molecular flexibility index (Phi) is 7.01. The first kappa shape index (κ1) is 24.3. The van der Waals surface area contributed by atoms with Gasteiger partial charge in [-0.3, -0.25) is 0 Å². The zero-order chi connectivity index (χ0) is 24.6. The van der Waals surface area contributed by atoms with Gasteiger partial charge >= 0.3 is 0 Å². The molecule has 0 aromatic heterocycles. The molecule has 0 heterocycles. The van der Waals surface area contributed by atoms with Crippen LogP contribution in [0.4, 0.5) is 30.7 Å². The Bertz CT molecular complexity index is 1210. The summed E-state index contributed by atoms with van der Waals surface area (Å²) in [6.45, 7) is 2.02. The van der Waals surface area contributed by atoms with Crippen molar-refractivity contribution in [2.75, 3.05) is 0 Å². The molecule has 0 amide bonds. The molecule has 7 heteroatoms. The van der Waals surface area contributed by atoms with E-state index in [1.165, 1.54) is 12.1 Å². The van der Waals surface area contributed by atoms with Crippen molar-refractivity contribution in [3.63, 3.8) is 0 Å². The van der Waals surface area contributed by atoms with Gasteiger partial charge < -0.3 is 0 Å². The van der Waals surface area contributed by atoms with Gasteiger partial charge in [0.15, 0.2) is 23.3 Å². The number of halogens is 7. The van der Waals surface area contributed by atoms with E-state index in [1.807, 2.05) is 6.92 Å². The van der Waals surface area contributed by atoms with Gasteiger partial charge in [0.1, 0.15) is 17.5 Å². The molecule has 0 saturated heterocycles. The summed E-state index contributed by atoms with van der Waals surface area (Å²) in [4.78, 5) is 0. The van der Waals surface area contributed by atoms with Crippen LogP contribution in [0.3, 0.4) is 0 Å². The van der Waals surface area contributed by atoms with Crippen LogP contribution in [0.15, 0.2) is 30.3 Å². The SMILES string of the molecule is CCCCCc1cc(F)c(C2CCc3c(F)c(-c4ccc(F)c(F)c4)c(F)c(F)c3C2)c(F)c1. The molecule has 1 atom stereocenters. The van der Waals surface area contributed by atoms with Gasteiger partial charge in [-0.1, -0.05) is 25.8 Å². The largest absolute Gasteiger partial charge is 0.207 e. The summed E-state index contributed by atoms with van der Waals surface area (Å²) < 4.78 is 102. The van der Waals surface area contributed by atoms with Crippen LogP contribution in [-0.4, -0.2) is 0 Å². The number of hydrogen-bond acceptors (Lipinski definition) is 0. The highest BCUT2D eigenvalue weighted by Gasteiger charge is 2.33. The summed E-state index contributed by atoms with van der Waals surface area (Å²) in [5.74, 6) is -8.79. The Labute approximate surface area is 193 Å². The van der Waals surface area contributed by atoms with E-state index in [2.05, 4.69) is 0 Å². The second-order valence-electron chi connectivity index (χ2n) is 8.77. The molecule has 3 aromatic carbocycles. The van der Waals surface area contributed by atoms with Gasteiger partial charge in [0, 0.05) is 5.56 Å². The van der Waals surface area contributed by atoms with Gasteiger partial charge in [-0.2, -0.15) is 0 Å². The van der Waals surface area contributed by atoms with E-state index >= 15 is 8.78 Å². The predicted octanol–water partition coefficient (Wildman–Crippen LogP) is 8.33. The molecule has 0 nitrogen and oxygen atoms in total. The molecule has 0 fully saturated rings. The van der Waals surface area contributed by atoms with Crippen LogP contribution >= 0.6 is 0 Å². The minimum absolute atomic E-state index is 0.0865. The van der Waals surface area contributed by atoms with Crippen molar-refractivity contribution in [2.24, 2.45) is 0 Å². The number of hydrogen-bond donors (Lipinski definition) is 0. The maximum absolute atomic E-state index is 15.2. The van der Waals surface area contributed by atoms with Gasteiger partial charge in [0.25, 0.3) is 0 Å². The second kappa shape index (κ2) is 9.80. The van der Waals surface area contributed by atoms with Crippen molar-refractivity contribution >= 4 is 0 Å². The van der Waals surface area contributed by atoms with Crippen molar-refractivity contribution in [2.45, 2.75) is 57.8 Å². The lowest BCUT2D eigenvalue weighted by Gasteiger charge is -2.28. The van der Waals surface area contributed by atoms with E-state index in [0.717, 1.165) is 25.3 Å². The van der Waals surface area contributed by atoms with Crippen molar-refractivity contribution in [1.82, 2.24) is 0 Å². The van der Waals surface area contributed by atoms with E-state index < -0.39 is 52.2 Å². The lowest BCUT2D eigenvalue weighted by molar-refractivity contribution is 0.442. The number of unbranched alkanes of at least 4 members (excludes halogenated alkanes) is 2. The molecule has 0 saturated carbocycles. The van der Waals surface area contributed by atoms with Gasteiger partial charge in [0.05, 0.1) is 5.56 Å². The third kappa shape index (κ3) is 4.44. The normalized spacial score (nSPS) is 15.5. The van der Waals surface area contributed by atoms with Gasteiger partial charge in [-0.05, 0) is 84.5 Å². The summed E-state index contributed by atoms with van der Waals surface area (Å²) in [7, 11) is 0. The molecule has 0 radical (unpaired) electrons. The minimum atomic E-state index is -1.55. The quantitative estimate of drug-likeness (QED) is 0.189. The maximum Gasteiger partial charge on any atom is 0.169 e. The first-order valence-corrected chi connectivity index (χ1v) is 11.3. The number of aryl methyl sites for hydroxylation is 1. The van der Waals surface area contributed by atoms with E-state index in [1.54, 1.807) is 0 Å². The van der Waals surface area contributed by atoms with Gasteiger partial charge in [-0.25, -0.2) is 30.7 Å². The fourth-order valence-electron chi connectivity index (χ4n) is 4.80. The number of benzene rings is 3. The van der Waals surface area contributed by atoms with Crippen molar-refractivity contribution in [1.29, 1.82) is 0 Å². The standard InChI is InChI=1S/C27H23F7/c1-2-3-4-5-14-10-21(30)23(22(31)11-14)15-6-8-17-18(12-15)26(33)27(34)24(25(17)32)16-7-9-19(28)20(29)13-16/h7,9-11,13,15H,2-6,8,12H2,1H3. The van der Waals surface area contributed by atoms with E-state index in [9.17, 15) is 22.0 Å². The maximum atomic E-state index is 15.2. The summed E-state index contributed by atoms with van der Waals surface area (Å²) in [6, 6.07) is 4.81. The van der Waals surface area contributed by atoms with Crippen LogP contribution in [0.2, 0.25) is 0 Å². The Morgan fingerprint density at radius 3 is 2.09 bits per heavy atom. The third-order valence-electron chi connectivity index (χ3n) is 6.54. The average Bonchev–Trinajstić information content (AvgIpc) is 2.80. The number of fused-ring (bicyclic) bond motifs is 1. The smallest absolute Gasteiger partial charge is 0.169 e. The predicted molar refractivity (Wildman–Crippen MR) is 116 cm³/mol. The summed E-state index contributed by atoms with van der Waals surface area (Å²) in [5.41, 5.74) is -1.22. The Morgan fingerprint density at radius 2 is 1.44 bits per heavy atom. The molecule has 180 valence electrons. The highest BCUT2D eigenvalue weighted by Crippen LogP contribution is 2.41. The lowest BCUT2D eigenvalue weighted by Crippen LogP contribution is -2.20. The van der Waals surface area contributed by atoms with Crippen LogP contribution in [0.5, 0.6) is 0 Å². The summed E-state index contributed by atoms with van der Waals surface area (Å²) >= 11 is 0. The van der Waals surface area contributed by atoms with Gasteiger partial charge in [0.2, 0.25) is 0 Å². The van der Waals surface area contributed by atoms with E-state index in [4.69, 9.17) is 0 Å². The third-order valence-corrected chi connectivity index (χ3v) is 6.54. The molecule has 4 rings (SSSR count).